The van der Waals surface area contributed by atoms with Crippen LogP contribution in [0.4, 0.5) is 8.78 Å². The Morgan fingerprint density at radius 3 is 2.75 bits per heavy atom. The zero-order valence-electron chi connectivity index (χ0n) is 11.8. The molecule has 0 unspecified atom stereocenters. The van der Waals surface area contributed by atoms with E-state index in [9.17, 15) is 13.6 Å². The van der Waals surface area contributed by atoms with Gasteiger partial charge in [-0.15, -0.1) is 0 Å². The number of hydrogen-bond acceptors (Lipinski definition) is 2. The summed E-state index contributed by atoms with van der Waals surface area (Å²) in [5, 5.41) is 0. The van der Waals surface area contributed by atoms with E-state index in [2.05, 4.69) is 0 Å². The number of carbonyl (C=O) groups excluding carboxylic acids is 1. The Bertz CT molecular complexity index is 519. The van der Waals surface area contributed by atoms with Crippen LogP contribution in [0.2, 0.25) is 0 Å². The number of nitrogens with two attached hydrogens (primary N) is 1. The van der Waals surface area contributed by atoms with Gasteiger partial charge in [0.2, 0.25) is 0 Å². The molecule has 1 saturated heterocycles. The zero-order valence-corrected chi connectivity index (χ0v) is 11.8. The number of halogens is 2. The first-order chi connectivity index (χ1) is 9.45. The summed E-state index contributed by atoms with van der Waals surface area (Å²) in [6.07, 6.45) is 1.89. The number of aryl methyl sites for hydroxylation is 1. The minimum atomic E-state index is -0.813. The predicted molar refractivity (Wildman–Crippen MR) is 73.4 cm³/mol. The smallest absolute Gasteiger partial charge is 0.257 e. The molecule has 2 N–H and O–H groups in total. The lowest BCUT2D eigenvalue weighted by atomic mass is 9.90. The number of hydrogen-bond donors (Lipinski definition) is 1. The lowest BCUT2D eigenvalue weighted by molar-refractivity contribution is 0.0527. The Labute approximate surface area is 117 Å². The summed E-state index contributed by atoms with van der Waals surface area (Å²) in [5.74, 6) is -1.55. The molecule has 1 aromatic carbocycles. The molecule has 20 heavy (non-hydrogen) atoms. The van der Waals surface area contributed by atoms with Crippen molar-refractivity contribution in [3.05, 3.63) is 34.9 Å². The number of piperidine rings is 1. The zero-order chi connectivity index (χ0) is 14.9. The van der Waals surface area contributed by atoms with Crippen LogP contribution in [-0.2, 0) is 0 Å². The van der Waals surface area contributed by atoms with Crippen molar-refractivity contribution in [2.75, 3.05) is 13.1 Å². The molecule has 0 aliphatic carbocycles. The molecule has 1 fully saturated rings. The van der Waals surface area contributed by atoms with Crippen molar-refractivity contribution in [3.63, 3.8) is 0 Å². The summed E-state index contributed by atoms with van der Waals surface area (Å²) in [6.45, 7) is 4.49. The van der Waals surface area contributed by atoms with Crippen molar-refractivity contribution in [1.82, 2.24) is 4.90 Å². The summed E-state index contributed by atoms with van der Waals surface area (Å²) < 4.78 is 27.1. The Balaban J connectivity index is 2.33. The molecule has 0 radical (unpaired) electrons. The van der Waals surface area contributed by atoms with E-state index in [0.717, 1.165) is 18.9 Å². The molecule has 3 nitrogen and oxygen atoms in total. The van der Waals surface area contributed by atoms with Gasteiger partial charge < -0.3 is 10.6 Å². The van der Waals surface area contributed by atoms with Crippen molar-refractivity contribution in [3.8, 4) is 0 Å². The highest BCUT2D eigenvalue weighted by molar-refractivity contribution is 5.95. The first kappa shape index (κ1) is 14.9. The summed E-state index contributed by atoms with van der Waals surface area (Å²) in [6, 6.07) is 1.97. The van der Waals surface area contributed by atoms with Gasteiger partial charge in [0.05, 0.1) is 5.56 Å². The van der Waals surface area contributed by atoms with Crippen LogP contribution in [0.25, 0.3) is 0 Å². The number of rotatable bonds is 2. The predicted octanol–water partition coefficient (Wildman–Crippen LogP) is 2.47. The summed E-state index contributed by atoms with van der Waals surface area (Å²) in [5.41, 5.74) is 5.94. The van der Waals surface area contributed by atoms with Gasteiger partial charge in [-0.1, -0.05) is 6.92 Å². The van der Waals surface area contributed by atoms with Crippen LogP contribution in [0, 0.1) is 24.5 Å². The molecular weight excluding hydrogens is 262 g/mol. The van der Waals surface area contributed by atoms with E-state index in [0.29, 0.717) is 19.0 Å². The topological polar surface area (TPSA) is 46.3 Å². The largest absolute Gasteiger partial charge is 0.334 e. The molecule has 1 heterocycles. The molecule has 1 amide bonds. The van der Waals surface area contributed by atoms with Crippen molar-refractivity contribution in [1.29, 1.82) is 0 Å². The van der Waals surface area contributed by atoms with E-state index < -0.39 is 17.5 Å². The van der Waals surface area contributed by atoms with Crippen molar-refractivity contribution >= 4 is 5.91 Å². The monoisotopic (exact) mass is 282 g/mol. The highest BCUT2D eigenvalue weighted by atomic mass is 19.1. The van der Waals surface area contributed by atoms with Crippen LogP contribution in [-0.4, -0.2) is 29.9 Å². The minimum absolute atomic E-state index is 0.0727. The normalized spacial score (nSPS) is 22.9. The molecule has 1 aliphatic heterocycles. The lowest BCUT2D eigenvalue weighted by Crippen LogP contribution is -2.51. The third-order valence-electron chi connectivity index (χ3n) is 4.10. The minimum Gasteiger partial charge on any atom is -0.334 e. The van der Waals surface area contributed by atoms with Gasteiger partial charge in [-0.3, -0.25) is 4.79 Å². The third-order valence-corrected chi connectivity index (χ3v) is 4.10. The molecular formula is C15H20F2N2O. The Morgan fingerprint density at radius 2 is 2.10 bits per heavy atom. The second kappa shape index (κ2) is 5.87. The van der Waals surface area contributed by atoms with Gasteiger partial charge in [0.15, 0.2) is 0 Å². The molecule has 0 aromatic heterocycles. The van der Waals surface area contributed by atoms with Crippen LogP contribution in [0.15, 0.2) is 12.1 Å². The molecule has 0 spiro atoms. The summed E-state index contributed by atoms with van der Waals surface area (Å²) in [7, 11) is 0. The molecule has 0 bridgehead atoms. The Morgan fingerprint density at radius 1 is 1.40 bits per heavy atom. The fourth-order valence-corrected chi connectivity index (χ4v) is 2.84. The standard InChI is InChI=1S/C15H20F2N2O/c1-9-4-3-5-19(14(9)8-18)15(20)11-6-10(2)12(16)7-13(11)17/h6-7,9,14H,3-5,8,18H2,1-2H3/t9-,14+/m0/s1. The average molecular weight is 282 g/mol. The van der Waals surface area contributed by atoms with Gasteiger partial charge in [0, 0.05) is 25.2 Å². The van der Waals surface area contributed by atoms with E-state index in [1.807, 2.05) is 6.92 Å². The lowest BCUT2D eigenvalue weighted by Gasteiger charge is -2.39. The van der Waals surface area contributed by atoms with E-state index in [1.165, 1.54) is 13.0 Å². The van der Waals surface area contributed by atoms with Crippen molar-refractivity contribution in [2.45, 2.75) is 32.7 Å². The van der Waals surface area contributed by atoms with E-state index in [1.54, 1.807) is 4.90 Å². The van der Waals surface area contributed by atoms with Crippen molar-refractivity contribution in [2.24, 2.45) is 11.7 Å². The van der Waals surface area contributed by atoms with E-state index >= 15 is 0 Å². The first-order valence-electron chi connectivity index (χ1n) is 6.92. The van der Waals surface area contributed by atoms with Crippen LogP contribution in [0.5, 0.6) is 0 Å². The van der Waals surface area contributed by atoms with Crippen LogP contribution in [0.3, 0.4) is 0 Å². The maximum Gasteiger partial charge on any atom is 0.257 e. The highest BCUT2D eigenvalue weighted by Gasteiger charge is 2.32. The molecule has 110 valence electrons. The van der Waals surface area contributed by atoms with E-state index in [4.69, 9.17) is 5.73 Å². The quantitative estimate of drug-likeness (QED) is 0.905. The number of benzene rings is 1. The van der Waals surface area contributed by atoms with Crippen LogP contribution >= 0.6 is 0 Å². The molecule has 0 saturated carbocycles. The molecule has 2 rings (SSSR count). The second-order valence-electron chi connectivity index (χ2n) is 5.50. The maximum absolute atomic E-state index is 13.8. The second-order valence-corrected chi connectivity index (χ2v) is 5.50. The van der Waals surface area contributed by atoms with Gasteiger partial charge in [0.1, 0.15) is 11.6 Å². The number of nitrogens with zero attached hydrogens (tertiary/aromatic N) is 1. The summed E-state index contributed by atoms with van der Waals surface area (Å²) in [4.78, 5) is 14.1. The van der Waals surface area contributed by atoms with Gasteiger partial charge in [-0.2, -0.15) is 0 Å². The van der Waals surface area contributed by atoms with Crippen LogP contribution < -0.4 is 5.73 Å². The molecule has 5 heteroatoms. The number of likely N-dealkylation sites (tertiary alicyclic amines) is 1. The first-order valence-corrected chi connectivity index (χ1v) is 6.92. The SMILES string of the molecule is Cc1cc(C(=O)N2CCC[C@H](C)[C@H]2CN)c(F)cc1F. The average Bonchev–Trinajstić information content (AvgIpc) is 2.41. The van der Waals surface area contributed by atoms with Gasteiger partial charge >= 0.3 is 0 Å². The summed E-state index contributed by atoms with van der Waals surface area (Å²) >= 11 is 0. The molecule has 2 atom stereocenters. The molecule has 1 aromatic rings. The number of amides is 1. The van der Waals surface area contributed by atoms with Gasteiger partial charge in [0.25, 0.3) is 5.91 Å². The van der Waals surface area contributed by atoms with Gasteiger partial charge in [-0.25, -0.2) is 8.78 Å². The fraction of sp³-hybridized carbons (Fsp3) is 0.533. The third kappa shape index (κ3) is 2.68. The fourth-order valence-electron chi connectivity index (χ4n) is 2.84. The van der Waals surface area contributed by atoms with Crippen LogP contribution in [0.1, 0.15) is 35.7 Å². The van der Waals surface area contributed by atoms with E-state index in [-0.39, 0.29) is 17.2 Å². The Hall–Kier alpha value is -1.49. The highest BCUT2D eigenvalue weighted by Crippen LogP contribution is 2.25. The Kier molecular flexibility index (Phi) is 4.38. The van der Waals surface area contributed by atoms with Crippen molar-refractivity contribution < 1.29 is 13.6 Å². The van der Waals surface area contributed by atoms with Gasteiger partial charge in [-0.05, 0) is 37.3 Å². The molecule has 1 aliphatic rings. The maximum atomic E-state index is 13.8. The number of carbonyl (C=O) groups is 1.